The maximum atomic E-state index is 6.08. The van der Waals surface area contributed by atoms with Crippen LogP contribution in [-0.2, 0) is 6.54 Å². The van der Waals surface area contributed by atoms with Crippen LogP contribution >= 0.6 is 12.4 Å². The number of nitrogens with zero attached hydrogens (tertiary/aromatic N) is 2. The number of anilines is 1. The highest BCUT2D eigenvalue weighted by molar-refractivity contribution is 5.85. The summed E-state index contributed by atoms with van der Waals surface area (Å²) in [5.74, 6) is 1.91. The topological polar surface area (TPSA) is 15.7 Å². The third-order valence-corrected chi connectivity index (χ3v) is 3.58. The Bertz CT molecular complexity index is 601. The Morgan fingerprint density at radius 2 is 1.67 bits per heavy atom. The smallest absolute Gasteiger partial charge is 0.150 e. The molecule has 3 rings (SSSR count). The number of hydrogen-bond acceptors (Lipinski definition) is 3. The van der Waals surface area contributed by atoms with Gasteiger partial charge in [-0.15, -0.1) is 12.4 Å². The number of para-hydroxylation sites is 3. The monoisotopic (exact) mass is 304 g/mol. The third kappa shape index (κ3) is 3.49. The molecular formula is C17H21ClN2O. The van der Waals surface area contributed by atoms with Crippen molar-refractivity contribution in [3.63, 3.8) is 0 Å². The highest BCUT2D eigenvalue weighted by Gasteiger charge is 2.19. The molecule has 0 bridgehead atoms. The zero-order valence-corrected chi connectivity index (χ0v) is 13.3. The van der Waals surface area contributed by atoms with E-state index in [1.54, 1.807) is 0 Å². The van der Waals surface area contributed by atoms with E-state index in [1.807, 2.05) is 24.3 Å². The highest BCUT2D eigenvalue weighted by atomic mass is 35.5. The first-order valence-electron chi connectivity index (χ1n) is 6.98. The standard InChI is InChI=1S/C17H20N2O.ClH/c1-18(2)11-12-19-13-14-7-3-5-9-16(14)20-17-10-6-4-8-15(17)19;/h3-10H,11-13H2,1-2H3;1H. The molecule has 1 heterocycles. The molecule has 0 unspecified atom stereocenters. The number of rotatable bonds is 3. The van der Waals surface area contributed by atoms with Crippen molar-refractivity contribution in [3.8, 4) is 11.5 Å². The van der Waals surface area contributed by atoms with Crippen molar-refractivity contribution in [2.24, 2.45) is 0 Å². The van der Waals surface area contributed by atoms with E-state index in [2.05, 4.69) is 48.2 Å². The molecule has 1 aliphatic heterocycles. The number of benzene rings is 2. The minimum Gasteiger partial charge on any atom is -0.455 e. The van der Waals surface area contributed by atoms with Crippen molar-refractivity contribution in [2.45, 2.75) is 6.54 Å². The van der Waals surface area contributed by atoms with Crippen molar-refractivity contribution in [1.29, 1.82) is 0 Å². The Kier molecular flexibility index (Phi) is 5.10. The summed E-state index contributed by atoms with van der Waals surface area (Å²) in [5, 5.41) is 0. The molecule has 0 saturated carbocycles. The maximum absolute atomic E-state index is 6.08. The molecule has 0 amide bonds. The van der Waals surface area contributed by atoms with Gasteiger partial charge in [-0.2, -0.15) is 0 Å². The van der Waals surface area contributed by atoms with E-state index in [0.29, 0.717) is 0 Å². The van der Waals surface area contributed by atoms with Gasteiger partial charge in [-0.05, 0) is 32.3 Å². The predicted molar refractivity (Wildman–Crippen MR) is 89.8 cm³/mol. The van der Waals surface area contributed by atoms with Crippen LogP contribution in [0, 0.1) is 0 Å². The van der Waals surface area contributed by atoms with E-state index in [9.17, 15) is 0 Å². The van der Waals surface area contributed by atoms with Gasteiger partial charge in [0.15, 0.2) is 5.75 Å². The second-order valence-electron chi connectivity index (χ2n) is 5.40. The fraction of sp³-hybridized carbons (Fsp3) is 0.294. The lowest BCUT2D eigenvalue weighted by Crippen LogP contribution is -2.30. The van der Waals surface area contributed by atoms with E-state index in [4.69, 9.17) is 4.74 Å². The lowest BCUT2D eigenvalue weighted by atomic mass is 10.2. The Labute approximate surface area is 132 Å². The van der Waals surface area contributed by atoms with Gasteiger partial charge in [0.25, 0.3) is 0 Å². The molecule has 112 valence electrons. The summed E-state index contributed by atoms with van der Waals surface area (Å²) in [6, 6.07) is 16.6. The Balaban J connectivity index is 0.00000161. The highest BCUT2D eigenvalue weighted by Crippen LogP contribution is 2.38. The third-order valence-electron chi connectivity index (χ3n) is 3.58. The first kappa shape index (κ1) is 15.7. The first-order chi connectivity index (χ1) is 9.74. The summed E-state index contributed by atoms with van der Waals surface area (Å²) in [6.07, 6.45) is 0. The summed E-state index contributed by atoms with van der Waals surface area (Å²) < 4.78 is 6.08. The molecule has 21 heavy (non-hydrogen) atoms. The zero-order chi connectivity index (χ0) is 13.9. The Morgan fingerprint density at radius 1 is 1.00 bits per heavy atom. The number of hydrogen-bond donors (Lipinski definition) is 0. The molecule has 0 atom stereocenters. The normalized spacial score (nSPS) is 12.8. The van der Waals surface area contributed by atoms with E-state index >= 15 is 0 Å². The van der Waals surface area contributed by atoms with Crippen molar-refractivity contribution in [2.75, 3.05) is 32.1 Å². The molecule has 0 spiro atoms. The molecule has 4 heteroatoms. The quantitative estimate of drug-likeness (QED) is 0.858. The van der Waals surface area contributed by atoms with Crippen LogP contribution < -0.4 is 9.64 Å². The number of halogens is 1. The summed E-state index contributed by atoms with van der Waals surface area (Å²) >= 11 is 0. The summed E-state index contributed by atoms with van der Waals surface area (Å²) in [4.78, 5) is 4.60. The molecule has 0 fully saturated rings. The molecule has 0 aromatic heterocycles. The zero-order valence-electron chi connectivity index (χ0n) is 12.5. The lowest BCUT2D eigenvalue weighted by Gasteiger charge is -2.25. The average Bonchev–Trinajstić information content (AvgIpc) is 2.61. The molecule has 2 aromatic rings. The predicted octanol–water partition coefficient (Wildman–Crippen LogP) is 3.78. The van der Waals surface area contributed by atoms with Gasteiger partial charge in [0, 0.05) is 25.2 Å². The van der Waals surface area contributed by atoms with Gasteiger partial charge in [0.1, 0.15) is 5.75 Å². The summed E-state index contributed by atoms with van der Waals surface area (Å²) in [7, 11) is 4.21. The fourth-order valence-electron chi connectivity index (χ4n) is 2.47. The van der Waals surface area contributed by atoms with Crippen LogP contribution in [0.4, 0.5) is 5.69 Å². The molecule has 0 aliphatic carbocycles. The molecule has 1 aliphatic rings. The van der Waals surface area contributed by atoms with Gasteiger partial charge < -0.3 is 14.5 Å². The van der Waals surface area contributed by atoms with Crippen LogP contribution in [0.1, 0.15) is 5.56 Å². The second-order valence-corrected chi connectivity index (χ2v) is 5.40. The van der Waals surface area contributed by atoms with Crippen molar-refractivity contribution in [1.82, 2.24) is 4.90 Å². The van der Waals surface area contributed by atoms with E-state index in [0.717, 1.165) is 31.1 Å². The SMILES string of the molecule is CN(C)CCN1Cc2ccccc2Oc2ccccc21.Cl. The van der Waals surface area contributed by atoms with E-state index in [-0.39, 0.29) is 12.4 Å². The van der Waals surface area contributed by atoms with Gasteiger partial charge >= 0.3 is 0 Å². The van der Waals surface area contributed by atoms with Crippen molar-refractivity contribution in [3.05, 3.63) is 54.1 Å². The molecule has 0 radical (unpaired) electrons. The van der Waals surface area contributed by atoms with Gasteiger partial charge in [-0.1, -0.05) is 30.3 Å². The van der Waals surface area contributed by atoms with Crippen molar-refractivity contribution < 1.29 is 4.74 Å². The number of likely N-dealkylation sites (N-methyl/N-ethyl adjacent to an activating group) is 1. The van der Waals surface area contributed by atoms with Gasteiger partial charge in [-0.25, -0.2) is 0 Å². The van der Waals surface area contributed by atoms with Gasteiger partial charge in [0.05, 0.1) is 5.69 Å². The minimum absolute atomic E-state index is 0. The van der Waals surface area contributed by atoms with E-state index < -0.39 is 0 Å². The maximum Gasteiger partial charge on any atom is 0.150 e. The Hall–Kier alpha value is -1.71. The van der Waals surface area contributed by atoms with Crippen LogP contribution in [0.2, 0.25) is 0 Å². The lowest BCUT2D eigenvalue weighted by molar-refractivity contribution is 0.412. The van der Waals surface area contributed by atoms with Gasteiger partial charge in [0.2, 0.25) is 0 Å². The first-order valence-corrected chi connectivity index (χ1v) is 6.98. The molecule has 0 N–H and O–H groups in total. The van der Waals surface area contributed by atoms with Crippen LogP contribution in [0.25, 0.3) is 0 Å². The molecule has 0 saturated heterocycles. The number of fused-ring (bicyclic) bond motifs is 2. The van der Waals surface area contributed by atoms with Crippen LogP contribution in [0.5, 0.6) is 11.5 Å². The number of ether oxygens (including phenoxy) is 1. The second kappa shape index (κ2) is 6.83. The van der Waals surface area contributed by atoms with Gasteiger partial charge in [-0.3, -0.25) is 0 Å². The van der Waals surface area contributed by atoms with E-state index in [1.165, 1.54) is 11.3 Å². The largest absolute Gasteiger partial charge is 0.455 e. The molecular weight excluding hydrogens is 284 g/mol. The molecule has 3 nitrogen and oxygen atoms in total. The average molecular weight is 305 g/mol. The minimum atomic E-state index is 0. The summed E-state index contributed by atoms with van der Waals surface area (Å²) in [5.41, 5.74) is 2.41. The van der Waals surface area contributed by atoms with Crippen LogP contribution in [0.15, 0.2) is 48.5 Å². The summed E-state index contributed by atoms with van der Waals surface area (Å²) in [6.45, 7) is 2.90. The fourth-order valence-corrected chi connectivity index (χ4v) is 2.47. The van der Waals surface area contributed by atoms with Crippen LogP contribution in [-0.4, -0.2) is 32.1 Å². The van der Waals surface area contributed by atoms with Crippen molar-refractivity contribution >= 4 is 18.1 Å². The Morgan fingerprint density at radius 3 is 2.43 bits per heavy atom. The molecule has 2 aromatic carbocycles. The van der Waals surface area contributed by atoms with Crippen LogP contribution in [0.3, 0.4) is 0 Å².